The molecule has 0 aromatic carbocycles. The molecule has 1 atom stereocenters. The normalized spacial score (nSPS) is 23.5. The summed E-state index contributed by atoms with van der Waals surface area (Å²) >= 11 is 0. The molecule has 1 N–H and O–H groups in total. The summed E-state index contributed by atoms with van der Waals surface area (Å²) in [6, 6.07) is 0. The Balaban J connectivity index is 2.21. The summed E-state index contributed by atoms with van der Waals surface area (Å²) in [6.07, 6.45) is 8.32. The van der Waals surface area contributed by atoms with Gasteiger partial charge in [0, 0.05) is 5.92 Å². The number of rotatable bonds is 3. The van der Waals surface area contributed by atoms with Crippen LogP contribution in [0.2, 0.25) is 0 Å². The largest absolute Gasteiger partial charge is 0.393 e. The fourth-order valence-electron chi connectivity index (χ4n) is 1.82. The van der Waals surface area contributed by atoms with Gasteiger partial charge in [0.15, 0.2) is 0 Å². The van der Waals surface area contributed by atoms with Crippen LogP contribution in [0.1, 0.15) is 51.9 Å². The summed E-state index contributed by atoms with van der Waals surface area (Å²) < 4.78 is 0. The highest BCUT2D eigenvalue weighted by molar-refractivity contribution is 4.98. The van der Waals surface area contributed by atoms with E-state index in [2.05, 4.69) is 6.92 Å². The van der Waals surface area contributed by atoms with Crippen molar-refractivity contribution in [1.82, 2.24) is 0 Å². The Morgan fingerprint density at radius 2 is 1.91 bits per heavy atom. The molecule has 1 nitrogen and oxygen atoms in total. The quantitative estimate of drug-likeness (QED) is 0.664. The van der Waals surface area contributed by atoms with Crippen molar-refractivity contribution in [2.45, 2.75) is 58.0 Å². The maximum absolute atomic E-state index is 9.64. The minimum absolute atomic E-state index is 0.0831. The maximum Gasteiger partial charge on any atom is 0.0602 e. The first-order chi connectivity index (χ1) is 5.34. The molecule has 0 aliphatic heterocycles. The van der Waals surface area contributed by atoms with E-state index in [1.54, 1.807) is 0 Å². The predicted octanol–water partition coefficient (Wildman–Crippen LogP) is 2.69. The third-order valence-corrected chi connectivity index (χ3v) is 2.53. The van der Waals surface area contributed by atoms with Crippen LogP contribution in [0.25, 0.3) is 0 Å². The summed E-state index contributed by atoms with van der Waals surface area (Å²) in [7, 11) is 0. The van der Waals surface area contributed by atoms with Crippen molar-refractivity contribution < 1.29 is 5.11 Å². The summed E-state index contributed by atoms with van der Waals surface area (Å²) in [5.74, 6) is 1.41. The van der Waals surface area contributed by atoms with E-state index in [1.807, 2.05) is 0 Å². The minimum atomic E-state index is -0.0831. The van der Waals surface area contributed by atoms with Gasteiger partial charge in [-0.05, 0) is 19.3 Å². The topological polar surface area (TPSA) is 20.2 Å². The van der Waals surface area contributed by atoms with Gasteiger partial charge in [0.25, 0.3) is 0 Å². The molecule has 1 unspecified atom stereocenters. The van der Waals surface area contributed by atoms with Gasteiger partial charge in [0.2, 0.25) is 0 Å². The highest BCUT2D eigenvalue weighted by atomic mass is 16.3. The SMILES string of the molecule is CCCC(O)[C]1CCCCC1. The maximum atomic E-state index is 9.64. The highest BCUT2D eigenvalue weighted by Crippen LogP contribution is 2.29. The van der Waals surface area contributed by atoms with E-state index in [-0.39, 0.29) is 6.10 Å². The third-order valence-electron chi connectivity index (χ3n) is 2.53. The summed E-state index contributed by atoms with van der Waals surface area (Å²) in [4.78, 5) is 0. The summed E-state index contributed by atoms with van der Waals surface area (Å²) in [6.45, 7) is 2.13. The second-order valence-electron chi connectivity index (χ2n) is 3.52. The van der Waals surface area contributed by atoms with Crippen LogP contribution in [0.15, 0.2) is 0 Å². The summed E-state index contributed by atoms with van der Waals surface area (Å²) in [5, 5.41) is 9.64. The molecule has 65 valence electrons. The third kappa shape index (κ3) is 2.82. The number of hydrogen-bond donors (Lipinski definition) is 1. The molecule has 1 radical (unpaired) electrons. The molecule has 0 bridgehead atoms. The molecular weight excluding hydrogens is 136 g/mol. The second-order valence-corrected chi connectivity index (χ2v) is 3.52. The van der Waals surface area contributed by atoms with E-state index in [0.717, 1.165) is 12.8 Å². The zero-order chi connectivity index (χ0) is 8.10. The molecular formula is C10H19O. The second kappa shape index (κ2) is 4.76. The van der Waals surface area contributed by atoms with Crippen LogP contribution in [-0.4, -0.2) is 11.2 Å². The molecule has 1 aliphatic rings. The van der Waals surface area contributed by atoms with Crippen molar-refractivity contribution >= 4 is 0 Å². The fourth-order valence-corrected chi connectivity index (χ4v) is 1.82. The lowest BCUT2D eigenvalue weighted by Crippen LogP contribution is -2.20. The molecule has 0 heterocycles. The van der Waals surface area contributed by atoms with Gasteiger partial charge in [-0.15, -0.1) is 0 Å². The minimum Gasteiger partial charge on any atom is -0.393 e. The van der Waals surface area contributed by atoms with Crippen molar-refractivity contribution in [3.63, 3.8) is 0 Å². The Bertz CT molecular complexity index is 95.0. The van der Waals surface area contributed by atoms with Crippen molar-refractivity contribution in [2.75, 3.05) is 0 Å². The Labute approximate surface area is 69.8 Å². The van der Waals surface area contributed by atoms with Crippen molar-refractivity contribution in [3.05, 3.63) is 5.92 Å². The number of aliphatic hydroxyl groups is 1. The Kier molecular flexibility index (Phi) is 3.92. The van der Waals surface area contributed by atoms with E-state index >= 15 is 0 Å². The van der Waals surface area contributed by atoms with Crippen LogP contribution >= 0.6 is 0 Å². The zero-order valence-corrected chi connectivity index (χ0v) is 7.47. The van der Waals surface area contributed by atoms with Crippen LogP contribution < -0.4 is 0 Å². The van der Waals surface area contributed by atoms with Crippen LogP contribution in [0.5, 0.6) is 0 Å². The molecule has 0 spiro atoms. The van der Waals surface area contributed by atoms with E-state index in [1.165, 1.54) is 38.0 Å². The van der Waals surface area contributed by atoms with Gasteiger partial charge in [-0.2, -0.15) is 0 Å². The van der Waals surface area contributed by atoms with E-state index in [9.17, 15) is 5.11 Å². The molecule has 1 heteroatoms. The molecule has 0 saturated heterocycles. The van der Waals surface area contributed by atoms with Gasteiger partial charge in [-0.3, -0.25) is 0 Å². The van der Waals surface area contributed by atoms with Gasteiger partial charge < -0.3 is 5.11 Å². The monoisotopic (exact) mass is 155 g/mol. The van der Waals surface area contributed by atoms with Gasteiger partial charge in [0.1, 0.15) is 0 Å². The van der Waals surface area contributed by atoms with Gasteiger partial charge in [0.05, 0.1) is 6.10 Å². The molecule has 1 saturated carbocycles. The Morgan fingerprint density at radius 3 is 2.45 bits per heavy atom. The molecule has 1 fully saturated rings. The average Bonchev–Trinajstić information content (AvgIpc) is 2.07. The van der Waals surface area contributed by atoms with Gasteiger partial charge in [-0.25, -0.2) is 0 Å². The van der Waals surface area contributed by atoms with E-state index in [4.69, 9.17) is 0 Å². The van der Waals surface area contributed by atoms with Crippen LogP contribution in [0.4, 0.5) is 0 Å². The molecule has 1 aliphatic carbocycles. The lowest BCUT2D eigenvalue weighted by molar-refractivity contribution is 0.157. The Morgan fingerprint density at radius 1 is 1.27 bits per heavy atom. The molecule has 0 aromatic heterocycles. The number of aliphatic hydroxyl groups excluding tert-OH is 1. The predicted molar refractivity (Wildman–Crippen MR) is 47.2 cm³/mol. The molecule has 1 rings (SSSR count). The van der Waals surface area contributed by atoms with E-state index < -0.39 is 0 Å². The van der Waals surface area contributed by atoms with Crippen LogP contribution in [-0.2, 0) is 0 Å². The standard InChI is InChI=1S/C10H19O/c1-2-6-10(11)9-7-4-3-5-8-9/h10-11H,2-8H2,1H3. The van der Waals surface area contributed by atoms with Crippen LogP contribution in [0, 0.1) is 5.92 Å². The smallest absolute Gasteiger partial charge is 0.0602 e. The van der Waals surface area contributed by atoms with Crippen molar-refractivity contribution in [2.24, 2.45) is 0 Å². The van der Waals surface area contributed by atoms with Gasteiger partial charge >= 0.3 is 0 Å². The van der Waals surface area contributed by atoms with Crippen molar-refractivity contribution in [1.29, 1.82) is 0 Å². The lowest BCUT2D eigenvalue weighted by Gasteiger charge is -2.25. The Hall–Kier alpha value is -0.0400. The molecule has 0 amide bonds. The molecule has 11 heavy (non-hydrogen) atoms. The van der Waals surface area contributed by atoms with Gasteiger partial charge in [-0.1, -0.05) is 32.6 Å². The zero-order valence-electron chi connectivity index (χ0n) is 7.47. The van der Waals surface area contributed by atoms with Crippen LogP contribution in [0.3, 0.4) is 0 Å². The fraction of sp³-hybridized carbons (Fsp3) is 0.900. The van der Waals surface area contributed by atoms with Crippen molar-refractivity contribution in [3.8, 4) is 0 Å². The summed E-state index contributed by atoms with van der Waals surface area (Å²) in [5.41, 5.74) is 0. The number of hydrogen-bond acceptors (Lipinski definition) is 1. The first kappa shape index (κ1) is 9.05. The van der Waals surface area contributed by atoms with E-state index in [0.29, 0.717) is 0 Å². The molecule has 0 aromatic rings. The first-order valence-electron chi connectivity index (χ1n) is 4.87. The highest BCUT2D eigenvalue weighted by Gasteiger charge is 2.20. The lowest BCUT2D eigenvalue weighted by atomic mass is 9.84. The average molecular weight is 155 g/mol. The first-order valence-corrected chi connectivity index (χ1v) is 4.87.